The molecule has 0 radical (unpaired) electrons. The summed E-state index contributed by atoms with van der Waals surface area (Å²) in [5.41, 5.74) is 9.35. The Morgan fingerprint density at radius 1 is 0.920 bits per heavy atom. The number of fused-ring (bicyclic) bond motifs is 3. The number of carbonyl (C=O) groups excluding carboxylic acids is 4. The second-order valence-electron chi connectivity index (χ2n) is 22.1. The third kappa shape index (κ3) is 15.2. The number of carbonyl (C=O) groups is 4. The number of benzene rings is 3. The van der Waals surface area contributed by atoms with Crippen LogP contribution in [-0.4, -0.2) is 102 Å². The minimum Gasteiger partial charge on any atom is -0.395 e. The van der Waals surface area contributed by atoms with Gasteiger partial charge < -0.3 is 25.4 Å². The molecule has 3 atom stereocenters. The van der Waals surface area contributed by atoms with Gasteiger partial charge in [-0.3, -0.25) is 43.3 Å². The molecule has 18 nitrogen and oxygen atoms in total. The Bertz CT molecular complexity index is 3720. The number of thiophene rings is 1. The minimum absolute atomic E-state index is 0.0167. The Morgan fingerprint density at radius 3 is 2.43 bits per heavy atom. The number of piperazine rings is 1. The molecule has 4 amide bonds. The number of nitrogens with zero attached hydrogens (tertiary/aromatic N) is 9. The zero-order valence-electron chi connectivity index (χ0n) is 50.5. The zero-order valence-corrected chi connectivity index (χ0v) is 52.0. The lowest BCUT2D eigenvalue weighted by molar-refractivity contribution is -0.286. The predicted octanol–water partition coefficient (Wildman–Crippen LogP) is 11.3. The number of aliphatic imine (C=N–C) groups is 1. The number of piperidine rings is 1. The van der Waals surface area contributed by atoms with Gasteiger partial charge in [0.1, 0.15) is 11.5 Å². The molecule has 7 aromatic rings. The average molecular weight is 1230 g/mol. The van der Waals surface area contributed by atoms with Crippen molar-refractivity contribution in [2.75, 3.05) is 19.6 Å². The molecule has 3 aromatic carbocycles. The van der Waals surface area contributed by atoms with Crippen LogP contribution in [-0.2, 0) is 58.9 Å². The fourth-order valence-corrected chi connectivity index (χ4v) is 12.4. The van der Waals surface area contributed by atoms with E-state index < -0.39 is 11.7 Å². The van der Waals surface area contributed by atoms with Crippen molar-refractivity contribution in [2.45, 2.75) is 138 Å². The van der Waals surface area contributed by atoms with Gasteiger partial charge in [-0.05, 0) is 149 Å². The van der Waals surface area contributed by atoms with E-state index in [0.29, 0.717) is 60.2 Å². The highest BCUT2D eigenvalue weighted by Gasteiger charge is 2.59. The van der Waals surface area contributed by atoms with Crippen molar-refractivity contribution in [1.29, 1.82) is 0 Å². The molecule has 4 fully saturated rings. The molecule has 22 heteroatoms. The van der Waals surface area contributed by atoms with E-state index in [1.807, 2.05) is 100 Å². The third-order valence-electron chi connectivity index (χ3n) is 15.7. The molecule has 3 aliphatic heterocycles. The van der Waals surface area contributed by atoms with Crippen molar-refractivity contribution in [1.82, 2.24) is 55.5 Å². The lowest BCUT2D eigenvalue weighted by Gasteiger charge is -2.31. The fourth-order valence-electron chi connectivity index (χ4n) is 11.0. The molecule has 5 aliphatic rings. The van der Waals surface area contributed by atoms with Crippen LogP contribution >= 0.6 is 22.9 Å². The maximum absolute atomic E-state index is 13.5. The normalized spacial score (nSPS) is 18.8. The van der Waals surface area contributed by atoms with Crippen LogP contribution in [0.4, 0.5) is 8.78 Å². The Balaban J connectivity index is 0.000000241. The summed E-state index contributed by atoms with van der Waals surface area (Å²) < 4.78 is 40.9. The van der Waals surface area contributed by atoms with E-state index in [2.05, 4.69) is 89.4 Å². The summed E-state index contributed by atoms with van der Waals surface area (Å²) in [4.78, 5) is 64.2. The zero-order chi connectivity index (χ0) is 62.2. The number of imide groups is 1. The molecule has 87 heavy (non-hydrogen) atoms. The van der Waals surface area contributed by atoms with E-state index in [1.165, 1.54) is 28.2 Å². The Kier molecular flexibility index (Phi) is 20.3. The highest BCUT2D eigenvalue weighted by Crippen LogP contribution is 2.52. The highest BCUT2D eigenvalue weighted by atomic mass is 35.5. The van der Waals surface area contributed by atoms with Gasteiger partial charge in [-0.1, -0.05) is 74.4 Å². The second-order valence-corrected chi connectivity index (χ2v) is 23.6. The molecule has 0 spiro atoms. The molecule has 7 heterocycles. The lowest BCUT2D eigenvalue weighted by Crippen LogP contribution is -2.48. The number of rotatable bonds is 19. The summed E-state index contributed by atoms with van der Waals surface area (Å²) in [5.74, 6) is -0.615. The number of pyridine rings is 1. The number of aryl methyl sites for hydroxylation is 3. The van der Waals surface area contributed by atoms with Crippen LogP contribution in [0.25, 0.3) is 21.3 Å². The van der Waals surface area contributed by atoms with Gasteiger partial charge in [-0.25, -0.2) is 4.99 Å². The summed E-state index contributed by atoms with van der Waals surface area (Å²) in [6, 6.07) is 20.2. The first-order chi connectivity index (χ1) is 41.9. The van der Waals surface area contributed by atoms with E-state index in [1.54, 1.807) is 40.4 Å². The highest BCUT2D eigenvalue weighted by molar-refractivity contribution is 7.19. The maximum Gasteiger partial charge on any atom is 0.586 e. The van der Waals surface area contributed by atoms with Crippen molar-refractivity contribution < 1.29 is 37.4 Å². The van der Waals surface area contributed by atoms with Gasteiger partial charge in [-0.15, -0.1) is 25.2 Å². The summed E-state index contributed by atoms with van der Waals surface area (Å²) in [6.07, 6.45) is 10.7. The van der Waals surface area contributed by atoms with E-state index >= 15 is 0 Å². The number of allylic oxidation sites excluding steroid dienone is 3. The molecule has 3 unspecified atom stereocenters. The number of ether oxygens (including phenoxy) is 2. The third-order valence-corrected chi connectivity index (χ3v) is 17.1. The number of halogens is 3. The molecule has 2 saturated heterocycles. The van der Waals surface area contributed by atoms with E-state index in [9.17, 15) is 28.0 Å². The predicted molar refractivity (Wildman–Crippen MR) is 333 cm³/mol. The van der Waals surface area contributed by atoms with Gasteiger partial charge in [-0.2, -0.15) is 5.10 Å². The number of likely N-dealkylation sites (tertiary alicyclic amines) is 1. The number of nitrogens with one attached hydrogen (secondary N) is 3. The number of aromatic nitrogens is 6. The number of hydrogen-bond acceptors (Lipinski definition) is 14. The van der Waals surface area contributed by atoms with Crippen molar-refractivity contribution in [2.24, 2.45) is 16.8 Å². The summed E-state index contributed by atoms with van der Waals surface area (Å²) in [6.45, 7) is 25.9. The van der Waals surface area contributed by atoms with Crippen LogP contribution in [0.3, 0.4) is 0 Å². The fraction of sp³-hybridized carbons (Fsp3) is 0.400. The van der Waals surface area contributed by atoms with Crippen molar-refractivity contribution >= 4 is 63.5 Å². The Morgan fingerprint density at radius 2 is 1.68 bits per heavy atom. The molecule has 458 valence electrons. The molecular formula is C65H75ClF2N12O6S. The van der Waals surface area contributed by atoms with Crippen LogP contribution in [0.15, 0.2) is 120 Å². The lowest BCUT2D eigenvalue weighted by atomic mass is 9.94. The van der Waals surface area contributed by atoms with Gasteiger partial charge in [0.05, 0.1) is 53.0 Å². The van der Waals surface area contributed by atoms with Gasteiger partial charge in [0, 0.05) is 84.3 Å². The molecule has 0 bridgehead atoms. The van der Waals surface area contributed by atoms with Crippen LogP contribution in [0.5, 0.6) is 11.5 Å². The monoisotopic (exact) mass is 1220 g/mol. The van der Waals surface area contributed by atoms with Gasteiger partial charge >= 0.3 is 6.29 Å². The first kappa shape index (κ1) is 63.5. The van der Waals surface area contributed by atoms with Gasteiger partial charge in [0.2, 0.25) is 17.7 Å². The second kappa shape index (κ2) is 27.8. The topological polar surface area (TPSA) is 203 Å². The number of amides is 4. The molecule has 4 aromatic heterocycles. The minimum atomic E-state index is -3.73. The first-order valence-electron chi connectivity index (χ1n) is 29.7. The SMILES string of the molecule is C=N/C(=C\C=C(\C)Cc1cccc(C(=O)NCc2cn(CCCn3cc(CN4CCNC(C)C4)cn3)nn2)c1)NC(=O)C1(c2ccc3c(c2)OC(F)(F)O3)CC1.CC.CC.Cc1cc(Cl)cc(-c2ccnc3cc(CN4C(=O)C5CC5C4=O)sc23)c1C. The van der Waals surface area contributed by atoms with Crippen LogP contribution in [0, 0.1) is 25.7 Å². The van der Waals surface area contributed by atoms with Crippen LogP contribution in [0.2, 0.25) is 5.02 Å². The smallest absolute Gasteiger partial charge is 0.395 e. The van der Waals surface area contributed by atoms with Crippen molar-refractivity contribution in [3.63, 3.8) is 0 Å². The van der Waals surface area contributed by atoms with Crippen molar-refractivity contribution in [3.8, 4) is 22.6 Å². The Hall–Kier alpha value is -7.98. The summed E-state index contributed by atoms with van der Waals surface area (Å²) in [7, 11) is 0. The average Bonchev–Trinajstić information content (AvgIpc) is 1.66. The maximum atomic E-state index is 13.5. The molecule has 3 N–H and O–H groups in total. The first-order valence-corrected chi connectivity index (χ1v) is 30.9. The molecule has 2 saturated carbocycles. The Labute approximate surface area is 515 Å². The van der Waals surface area contributed by atoms with Gasteiger partial charge in [0.15, 0.2) is 11.5 Å². The van der Waals surface area contributed by atoms with Crippen LogP contribution in [0.1, 0.15) is 116 Å². The molecule has 2 aliphatic carbocycles. The van der Waals surface area contributed by atoms with E-state index in [-0.39, 0.29) is 59.3 Å². The summed E-state index contributed by atoms with van der Waals surface area (Å²) >= 11 is 7.89. The largest absolute Gasteiger partial charge is 0.586 e. The summed E-state index contributed by atoms with van der Waals surface area (Å²) in [5, 5.41) is 22.9. The standard InChI is InChI=1S/C40H46F2N10O4.C21H17ClN2O2S.2C2H6/c1-27(8-11-36(43-3)47-38(54)39(12-13-39)32-9-10-34-35(20-32)56-40(41,42)55-34)18-29-6-4-7-31(19-29)37(53)45-22-33-26-52(49-48-33)16-5-15-51-25-30(21-46-51)24-50-17-14-44-28(2)23-50;1-10-5-12(22)6-15(11(10)2)14-3-4-23-18-7-13(27-19(14)18)9-24-20(25)16-8-17(16)21(24)26;2*1-2/h4,6-11,19-21,25-26,28,44H,3,5,12-18,22-24H2,1-2H3,(H,45,53)(H,47,54);3-7,16-17H,8-9H2,1-2H3;2*1-2H3/b27-8-,36-11+;;;. The van der Waals surface area contributed by atoms with Crippen molar-refractivity contribution in [3.05, 3.63) is 164 Å². The number of alkyl halides is 2. The quantitative estimate of drug-likeness (QED) is 0.0393. The number of hydrogen-bond donors (Lipinski definition) is 3. The van der Waals surface area contributed by atoms with E-state index in [4.69, 9.17) is 11.6 Å². The van der Waals surface area contributed by atoms with E-state index in [0.717, 1.165) is 88.5 Å². The van der Waals surface area contributed by atoms with Crippen LogP contribution < -0.4 is 25.4 Å². The van der Waals surface area contributed by atoms with Gasteiger partial charge in [0.25, 0.3) is 5.91 Å². The molecule has 12 rings (SSSR count). The molecular weight excluding hydrogens is 1150 g/mol.